The van der Waals surface area contributed by atoms with Gasteiger partial charge in [0, 0.05) is 19.1 Å². The van der Waals surface area contributed by atoms with Crippen LogP contribution in [0.2, 0.25) is 0 Å². The molecule has 0 aromatic heterocycles. The number of piperidine rings is 1. The van der Waals surface area contributed by atoms with E-state index in [1.165, 1.54) is 0 Å². The minimum atomic E-state index is -4.09. The lowest BCUT2D eigenvalue weighted by Gasteiger charge is -2.41. The van der Waals surface area contributed by atoms with Crippen molar-refractivity contribution in [2.24, 2.45) is 11.1 Å². The first-order valence-electron chi connectivity index (χ1n) is 6.46. The highest BCUT2D eigenvalue weighted by molar-refractivity contribution is 7.89. The maximum absolute atomic E-state index is 13.2. The molecule has 0 aliphatic carbocycles. The van der Waals surface area contributed by atoms with Gasteiger partial charge in [0.05, 0.1) is 4.90 Å². The zero-order valence-corrected chi connectivity index (χ0v) is 13.8. The van der Waals surface area contributed by atoms with E-state index < -0.39 is 37.8 Å². The average molecular weight is 359 g/mol. The Morgan fingerprint density at radius 2 is 1.73 bits per heavy atom. The molecule has 1 aliphatic rings. The molecule has 4 nitrogen and oxygen atoms in total. The number of hydrogen-bond donors (Lipinski definition) is 1. The predicted octanol–water partition coefficient (Wildman–Crippen LogP) is 2.27. The van der Waals surface area contributed by atoms with Gasteiger partial charge in [-0.1, -0.05) is 13.8 Å². The van der Waals surface area contributed by atoms with Crippen LogP contribution in [0.3, 0.4) is 0 Å². The van der Waals surface area contributed by atoms with Crippen LogP contribution in [0.25, 0.3) is 0 Å². The molecule has 0 amide bonds. The maximum Gasteiger partial charge on any atom is 0.243 e. The van der Waals surface area contributed by atoms with Crippen LogP contribution in [0.4, 0.5) is 13.2 Å². The van der Waals surface area contributed by atoms with Gasteiger partial charge in [0.1, 0.15) is 0 Å². The summed E-state index contributed by atoms with van der Waals surface area (Å²) in [6, 6.07) is 0.829. The summed E-state index contributed by atoms with van der Waals surface area (Å²) in [5.74, 6) is -4.74. The third-order valence-electron chi connectivity index (χ3n) is 3.87. The SMILES string of the molecule is CC1(C)CN(S(=O)(=O)c2cc(F)c(F)c(F)c2)CCC1N.Cl. The Labute approximate surface area is 133 Å². The first-order chi connectivity index (χ1) is 9.55. The lowest BCUT2D eigenvalue weighted by atomic mass is 9.81. The highest BCUT2D eigenvalue weighted by Crippen LogP contribution is 2.31. The molecule has 1 fully saturated rings. The molecule has 1 atom stereocenters. The molecule has 1 unspecified atom stereocenters. The van der Waals surface area contributed by atoms with E-state index in [1.807, 2.05) is 13.8 Å². The van der Waals surface area contributed by atoms with Crippen LogP contribution in [0, 0.1) is 22.9 Å². The Bertz CT molecular complexity index is 644. The van der Waals surface area contributed by atoms with E-state index in [1.54, 1.807) is 0 Å². The Morgan fingerprint density at radius 3 is 2.18 bits per heavy atom. The van der Waals surface area contributed by atoms with Crippen molar-refractivity contribution in [3.63, 3.8) is 0 Å². The Hall–Kier alpha value is -0.830. The van der Waals surface area contributed by atoms with E-state index in [4.69, 9.17) is 5.73 Å². The normalized spacial score (nSPS) is 22.2. The molecule has 0 saturated carbocycles. The van der Waals surface area contributed by atoms with Gasteiger partial charge in [0.2, 0.25) is 10.0 Å². The van der Waals surface area contributed by atoms with E-state index in [0.29, 0.717) is 18.6 Å². The van der Waals surface area contributed by atoms with E-state index in [9.17, 15) is 21.6 Å². The minimum Gasteiger partial charge on any atom is -0.327 e. The fourth-order valence-corrected chi connectivity index (χ4v) is 4.01. The summed E-state index contributed by atoms with van der Waals surface area (Å²) in [5.41, 5.74) is 5.48. The van der Waals surface area contributed by atoms with Gasteiger partial charge in [-0.05, 0) is 24.0 Å². The van der Waals surface area contributed by atoms with Crippen molar-refractivity contribution >= 4 is 22.4 Å². The molecule has 22 heavy (non-hydrogen) atoms. The highest BCUT2D eigenvalue weighted by Gasteiger charge is 2.39. The fraction of sp³-hybridized carbons (Fsp3) is 0.538. The van der Waals surface area contributed by atoms with Crippen molar-refractivity contribution in [2.45, 2.75) is 31.2 Å². The second-order valence-corrected chi connectivity index (χ2v) is 7.86. The number of sulfonamides is 1. The van der Waals surface area contributed by atoms with E-state index in [2.05, 4.69) is 0 Å². The lowest BCUT2D eigenvalue weighted by molar-refractivity contribution is 0.155. The van der Waals surface area contributed by atoms with Crippen molar-refractivity contribution in [3.8, 4) is 0 Å². The zero-order chi connectivity index (χ0) is 16.0. The Balaban J connectivity index is 0.00000242. The number of benzene rings is 1. The molecular formula is C13H18ClF3N2O2S. The topological polar surface area (TPSA) is 63.4 Å². The molecular weight excluding hydrogens is 341 g/mol. The average Bonchev–Trinajstić information content (AvgIpc) is 2.38. The quantitative estimate of drug-likeness (QED) is 0.825. The largest absolute Gasteiger partial charge is 0.327 e. The molecule has 1 aromatic carbocycles. The number of rotatable bonds is 2. The summed E-state index contributed by atoms with van der Waals surface area (Å²) >= 11 is 0. The van der Waals surface area contributed by atoms with Crippen molar-refractivity contribution in [3.05, 3.63) is 29.6 Å². The molecule has 0 radical (unpaired) electrons. The van der Waals surface area contributed by atoms with Gasteiger partial charge in [-0.25, -0.2) is 21.6 Å². The number of hydrogen-bond acceptors (Lipinski definition) is 3. The predicted molar refractivity (Wildman–Crippen MR) is 78.7 cm³/mol. The zero-order valence-electron chi connectivity index (χ0n) is 12.1. The van der Waals surface area contributed by atoms with E-state index in [0.717, 1.165) is 4.31 Å². The molecule has 0 bridgehead atoms. The molecule has 1 aliphatic heterocycles. The summed E-state index contributed by atoms with van der Waals surface area (Å²) in [7, 11) is -4.09. The Kier molecular flexibility index (Phi) is 5.55. The van der Waals surface area contributed by atoms with Gasteiger partial charge >= 0.3 is 0 Å². The van der Waals surface area contributed by atoms with Crippen LogP contribution in [0.5, 0.6) is 0 Å². The fourth-order valence-electron chi connectivity index (χ4n) is 2.36. The molecule has 1 aromatic rings. The molecule has 1 heterocycles. The molecule has 1 saturated heterocycles. The monoisotopic (exact) mass is 358 g/mol. The van der Waals surface area contributed by atoms with Gasteiger partial charge in [0.25, 0.3) is 0 Å². The lowest BCUT2D eigenvalue weighted by Crippen LogP contribution is -2.53. The number of nitrogens with zero attached hydrogens (tertiary/aromatic N) is 1. The third kappa shape index (κ3) is 3.40. The summed E-state index contributed by atoms with van der Waals surface area (Å²) in [6.07, 6.45) is 0.443. The summed E-state index contributed by atoms with van der Waals surface area (Å²) in [6.45, 7) is 3.95. The third-order valence-corrected chi connectivity index (χ3v) is 5.70. The van der Waals surface area contributed by atoms with Gasteiger partial charge in [-0.3, -0.25) is 0 Å². The molecule has 2 N–H and O–H groups in total. The molecule has 0 spiro atoms. The Morgan fingerprint density at radius 1 is 1.23 bits per heavy atom. The number of nitrogens with two attached hydrogens (primary N) is 1. The smallest absolute Gasteiger partial charge is 0.243 e. The minimum absolute atomic E-state index is 0. The second kappa shape index (κ2) is 6.35. The van der Waals surface area contributed by atoms with Gasteiger partial charge < -0.3 is 5.73 Å². The summed E-state index contributed by atoms with van der Waals surface area (Å²) < 4.78 is 65.4. The van der Waals surface area contributed by atoms with Gasteiger partial charge in [0.15, 0.2) is 17.5 Å². The first kappa shape index (κ1) is 19.2. The van der Waals surface area contributed by atoms with Crippen molar-refractivity contribution in [1.82, 2.24) is 4.31 Å². The van der Waals surface area contributed by atoms with Crippen molar-refractivity contribution in [1.29, 1.82) is 0 Å². The number of halogens is 4. The maximum atomic E-state index is 13.2. The first-order valence-corrected chi connectivity index (χ1v) is 7.90. The molecule has 9 heteroatoms. The van der Waals surface area contributed by atoms with Crippen LogP contribution in [-0.2, 0) is 10.0 Å². The van der Waals surface area contributed by atoms with Gasteiger partial charge in [-0.15, -0.1) is 12.4 Å². The van der Waals surface area contributed by atoms with Crippen LogP contribution in [0.15, 0.2) is 17.0 Å². The second-order valence-electron chi connectivity index (χ2n) is 5.92. The highest BCUT2D eigenvalue weighted by atomic mass is 35.5. The van der Waals surface area contributed by atoms with E-state index >= 15 is 0 Å². The van der Waals surface area contributed by atoms with Crippen LogP contribution in [-0.4, -0.2) is 31.9 Å². The summed E-state index contributed by atoms with van der Waals surface area (Å²) in [5, 5.41) is 0. The summed E-state index contributed by atoms with van der Waals surface area (Å²) in [4.78, 5) is -0.592. The van der Waals surface area contributed by atoms with Crippen molar-refractivity contribution in [2.75, 3.05) is 13.1 Å². The standard InChI is InChI=1S/C13H17F3N2O2S.ClH/c1-13(2)7-18(4-3-11(13)17)21(19,20)8-5-9(14)12(16)10(15)6-8;/h5-6,11H,3-4,7,17H2,1-2H3;1H. The van der Waals surface area contributed by atoms with Crippen LogP contribution >= 0.6 is 12.4 Å². The molecule has 2 rings (SSSR count). The van der Waals surface area contributed by atoms with Crippen molar-refractivity contribution < 1.29 is 21.6 Å². The van der Waals surface area contributed by atoms with E-state index in [-0.39, 0.29) is 31.5 Å². The van der Waals surface area contributed by atoms with Crippen LogP contribution in [0.1, 0.15) is 20.3 Å². The van der Waals surface area contributed by atoms with Gasteiger partial charge in [-0.2, -0.15) is 4.31 Å². The molecule has 126 valence electrons. The van der Waals surface area contributed by atoms with Crippen LogP contribution < -0.4 is 5.73 Å².